The Morgan fingerprint density at radius 1 is 0.903 bits per heavy atom. The molecule has 1 aromatic heterocycles. The number of carbonyl (C=O) groups is 2. The van der Waals surface area contributed by atoms with Gasteiger partial charge in [-0.1, -0.05) is 0 Å². The van der Waals surface area contributed by atoms with Gasteiger partial charge in [-0.3, -0.25) is 14.4 Å². The molecule has 9 nitrogen and oxygen atoms in total. The number of anilines is 2. The van der Waals surface area contributed by atoms with Crippen LogP contribution in [0, 0.1) is 0 Å². The molecule has 0 aliphatic heterocycles. The second-order valence-electron chi connectivity index (χ2n) is 6.40. The Labute approximate surface area is 178 Å². The monoisotopic (exact) mass is 422 g/mol. The summed E-state index contributed by atoms with van der Waals surface area (Å²) in [6, 6.07) is 16.1. The maximum atomic E-state index is 12.5. The van der Waals surface area contributed by atoms with Gasteiger partial charge in [0.1, 0.15) is 23.7 Å². The molecule has 2 aromatic carbocycles. The van der Waals surface area contributed by atoms with Gasteiger partial charge < -0.3 is 20.1 Å². The minimum Gasteiger partial charge on any atom is -0.497 e. The van der Waals surface area contributed by atoms with Crippen LogP contribution in [0.25, 0.3) is 0 Å². The Bertz CT molecular complexity index is 1110. The second kappa shape index (κ2) is 10.1. The third-order valence-electron chi connectivity index (χ3n) is 4.19. The summed E-state index contributed by atoms with van der Waals surface area (Å²) in [5, 5.41) is 9.37. The average molecular weight is 422 g/mol. The van der Waals surface area contributed by atoms with Crippen molar-refractivity contribution in [2.75, 3.05) is 24.4 Å². The number of aromatic nitrogens is 2. The zero-order valence-electron chi connectivity index (χ0n) is 17.1. The number of carbonyl (C=O) groups excluding carboxylic acids is 2. The molecule has 160 valence electrons. The molecule has 9 heteroatoms. The molecule has 0 fully saturated rings. The van der Waals surface area contributed by atoms with Crippen LogP contribution in [0.15, 0.2) is 65.5 Å². The van der Waals surface area contributed by atoms with Crippen molar-refractivity contribution in [3.05, 3.63) is 76.7 Å². The van der Waals surface area contributed by atoms with E-state index in [1.807, 2.05) is 6.92 Å². The summed E-state index contributed by atoms with van der Waals surface area (Å²) < 4.78 is 11.4. The molecule has 0 saturated heterocycles. The van der Waals surface area contributed by atoms with Gasteiger partial charge in [0.2, 0.25) is 5.91 Å². The van der Waals surface area contributed by atoms with E-state index in [1.54, 1.807) is 55.6 Å². The highest BCUT2D eigenvalue weighted by Crippen LogP contribution is 2.16. The molecule has 3 rings (SSSR count). The highest BCUT2D eigenvalue weighted by Gasteiger charge is 2.12. The van der Waals surface area contributed by atoms with Crippen LogP contribution in [0.3, 0.4) is 0 Å². The molecular formula is C22H22N4O5. The summed E-state index contributed by atoms with van der Waals surface area (Å²) >= 11 is 0. The Morgan fingerprint density at radius 2 is 1.52 bits per heavy atom. The van der Waals surface area contributed by atoms with Crippen molar-refractivity contribution in [2.45, 2.75) is 13.5 Å². The van der Waals surface area contributed by atoms with Crippen LogP contribution in [-0.4, -0.2) is 35.3 Å². The number of ether oxygens (including phenoxy) is 2. The molecule has 1 heterocycles. The quantitative estimate of drug-likeness (QED) is 0.577. The fraction of sp³-hybridized carbons (Fsp3) is 0.182. The molecular weight excluding hydrogens is 400 g/mol. The lowest BCUT2D eigenvalue weighted by molar-refractivity contribution is -0.117. The summed E-state index contributed by atoms with van der Waals surface area (Å²) in [5.41, 5.74) is 0.598. The van der Waals surface area contributed by atoms with Crippen LogP contribution in [0.1, 0.15) is 17.4 Å². The fourth-order valence-electron chi connectivity index (χ4n) is 2.69. The minimum atomic E-state index is -0.508. The first-order valence-corrected chi connectivity index (χ1v) is 9.55. The SMILES string of the molecule is CCOc1ccc(NC(=O)Cn2nc(C(=O)Nc3ccc(OC)cc3)ccc2=O)cc1. The minimum absolute atomic E-state index is 0.00397. The molecule has 0 bridgehead atoms. The number of nitrogens with zero attached hydrogens (tertiary/aromatic N) is 2. The van der Waals surface area contributed by atoms with Crippen LogP contribution in [0.2, 0.25) is 0 Å². The molecule has 0 aliphatic rings. The van der Waals surface area contributed by atoms with Gasteiger partial charge in [0, 0.05) is 17.4 Å². The Hall–Kier alpha value is -4.14. The molecule has 0 radical (unpaired) electrons. The summed E-state index contributed by atoms with van der Waals surface area (Å²) in [5.74, 6) is 0.384. The van der Waals surface area contributed by atoms with Gasteiger partial charge in [-0.05, 0) is 61.5 Å². The molecule has 3 aromatic rings. The molecule has 2 amide bonds. The Balaban J connectivity index is 1.66. The van der Waals surface area contributed by atoms with Crippen molar-refractivity contribution in [1.82, 2.24) is 9.78 Å². The van der Waals surface area contributed by atoms with E-state index >= 15 is 0 Å². The van der Waals surface area contributed by atoms with Gasteiger partial charge in [0.15, 0.2) is 0 Å². The van der Waals surface area contributed by atoms with Crippen molar-refractivity contribution in [2.24, 2.45) is 0 Å². The number of methoxy groups -OCH3 is 1. The van der Waals surface area contributed by atoms with E-state index in [0.717, 1.165) is 4.68 Å². The van der Waals surface area contributed by atoms with Crippen molar-refractivity contribution in [3.8, 4) is 11.5 Å². The van der Waals surface area contributed by atoms with E-state index in [9.17, 15) is 14.4 Å². The maximum absolute atomic E-state index is 12.5. The summed E-state index contributed by atoms with van der Waals surface area (Å²) in [6.45, 7) is 2.09. The van der Waals surface area contributed by atoms with Crippen LogP contribution < -0.4 is 25.7 Å². The van der Waals surface area contributed by atoms with Crippen LogP contribution in [-0.2, 0) is 11.3 Å². The number of rotatable bonds is 8. The van der Waals surface area contributed by atoms with Crippen LogP contribution >= 0.6 is 0 Å². The lowest BCUT2D eigenvalue weighted by atomic mass is 10.3. The van der Waals surface area contributed by atoms with Crippen LogP contribution in [0.5, 0.6) is 11.5 Å². The van der Waals surface area contributed by atoms with Gasteiger partial charge in [-0.25, -0.2) is 4.68 Å². The summed E-state index contributed by atoms with van der Waals surface area (Å²) in [7, 11) is 1.55. The first-order valence-electron chi connectivity index (χ1n) is 9.55. The van der Waals surface area contributed by atoms with Gasteiger partial charge >= 0.3 is 0 Å². The molecule has 0 saturated carbocycles. The normalized spacial score (nSPS) is 10.3. The first kappa shape index (κ1) is 21.6. The Morgan fingerprint density at radius 3 is 2.13 bits per heavy atom. The highest BCUT2D eigenvalue weighted by atomic mass is 16.5. The van der Waals surface area contributed by atoms with Crippen LogP contribution in [0.4, 0.5) is 11.4 Å². The standard InChI is InChI=1S/C22H22N4O5/c1-3-31-18-10-6-15(7-11-18)23-20(27)14-26-21(28)13-12-19(25-26)22(29)24-16-4-8-17(30-2)9-5-16/h4-13H,3,14H2,1-2H3,(H,23,27)(H,24,29). The second-order valence-corrected chi connectivity index (χ2v) is 6.40. The van der Waals surface area contributed by atoms with Crippen molar-refractivity contribution in [3.63, 3.8) is 0 Å². The molecule has 0 unspecified atom stereocenters. The largest absolute Gasteiger partial charge is 0.497 e. The smallest absolute Gasteiger partial charge is 0.276 e. The lowest BCUT2D eigenvalue weighted by Gasteiger charge is -2.09. The van der Waals surface area contributed by atoms with Crippen molar-refractivity contribution >= 4 is 23.2 Å². The number of hydrogen-bond donors (Lipinski definition) is 2. The third-order valence-corrected chi connectivity index (χ3v) is 4.19. The van der Waals surface area contributed by atoms with E-state index in [2.05, 4.69) is 15.7 Å². The fourth-order valence-corrected chi connectivity index (χ4v) is 2.69. The van der Waals surface area contributed by atoms with E-state index < -0.39 is 17.4 Å². The van der Waals surface area contributed by atoms with Gasteiger partial charge in [0.25, 0.3) is 11.5 Å². The summed E-state index contributed by atoms with van der Waals surface area (Å²) in [4.78, 5) is 36.9. The predicted molar refractivity (Wildman–Crippen MR) is 116 cm³/mol. The predicted octanol–water partition coefficient (Wildman–Crippen LogP) is 2.54. The first-order chi connectivity index (χ1) is 15.0. The average Bonchev–Trinajstić information content (AvgIpc) is 2.77. The van der Waals surface area contributed by atoms with Crippen molar-refractivity contribution in [1.29, 1.82) is 0 Å². The molecule has 31 heavy (non-hydrogen) atoms. The highest BCUT2D eigenvalue weighted by molar-refractivity contribution is 6.02. The number of hydrogen-bond acceptors (Lipinski definition) is 6. The van der Waals surface area contributed by atoms with Gasteiger partial charge in [0.05, 0.1) is 13.7 Å². The molecule has 0 spiro atoms. The topological polar surface area (TPSA) is 112 Å². The van der Waals surface area contributed by atoms with Crippen molar-refractivity contribution < 1.29 is 19.1 Å². The van der Waals surface area contributed by atoms with E-state index in [0.29, 0.717) is 29.5 Å². The zero-order valence-corrected chi connectivity index (χ0v) is 17.1. The number of benzene rings is 2. The van der Waals surface area contributed by atoms with Gasteiger partial charge in [-0.2, -0.15) is 5.10 Å². The third kappa shape index (κ3) is 5.92. The molecule has 0 atom stereocenters. The Kier molecular flexibility index (Phi) is 7.00. The summed E-state index contributed by atoms with van der Waals surface area (Å²) in [6.07, 6.45) is 0. The number of nitrogens with one attached hydrogen (secondary N) is 2. The zero-order chi connectivity index (χ0) is 22.2. The van der Waals surface area contributed by atoms with E-state index in [4.69, 9.17) is 9.47 Å². The van der Waals surface area contributed by atoms with E-state index in [-0.39, 0.29) is 12.2 Å². The maximum Gasteiger partial charge on any atom is 0.276 e. The molecule has 0 aliphatic carbocycles. The van der Waals surface area contributed by atoms with E-state index in [1.165, 1.54) is 12.1 Å². The molecule has 2 N–H and O–H groups in total. The number of amides is 2. The lowest BCUT2D eigenvalue weighted by Crippen LogP contribution is -2.31. The van der Waals surface area contributed by atoms with Gasteiger partial charge in [-0.15, -0.1) is 0 Å².